The van der Waals surface area contributed by atoms with Gasteiger partial charge in [0.05, 0.1) is 6.61 Å². The molecule has 5 unspecified atom stereocenters. The lowest BCUT2D eigenvalue weighted by Crippen LogP contribution is -2.61. The number of hydrogen-bond acceptors (Lipinski definition) is 6. The van der Waals surface area contributed by atoms with Gasteiger partial charge in [-0.15, -0.1) is 0 Å². The van der Waals surface area contributed by atoms with E-state index in [0.717, 1.165) is 0 Å². The molecule has 1 rings (SSSR count). The predicted molar refractivity (Wildman–Crippen MR) is 59.0 cm³/mol. The average Bonchev–Trinajstić information content (AvgIpc) is 2.37. The summed E-state index contributed by atoms with van der Waals surface area (Å²) in [4.78, 5) is 11.0. The smallest absolute Gasteiger partial charge is 0.151 e. The van der Waals surface area contributed by atoms with Crippen molar-refractivity contribution in [3.63, 3.8) is 0 Å². The molecule has 6 nitrogen and oxygen atoms in total. The summed E-state index contributed by atoms with van der Waals surface area (Å²) in [7, 11) is 6.20. The summed E-state index contributed by atoms with van der Waals surface area (Å²) in [5.41, 5.74) is 0. The maximum absolute atomic E-state index is 11.0. The van der Waals surface area contributed by atoms with Crippen LogP contribution in [0.5, 0.6) is 0 Å². The average molecular weight is 248 g/mol. The number of ether oxygens (including phenoxy) is 5. The first kappa shape index (κ1) is 14.5. The van der Waals surface area contributed by atoms with Crippen LogP contribution in [0.25, 0.3) is 0 Å². The van der Waals surface area contributed by atoms with Gasteiger partial charge < -0.3 is 28.5 Å². The van der Waals surface area contributed by atoms with Gasteiger partial charge in [-0.3, -0.25) is 0 Å². The van der Waals surface area contributed by atoms with E-state index in [0.29, 0.717) is 12.9 Å². The highest BCUT2D eigenvalue weighted by atomic mass is 16.6. The number of hydrogen-bond donors (Lipinski definition) is 0. The standard InChI is InChI=1S/C11H20O6/c1-13-6-8-10(15-3)11(16-4)9(14-2)7(5-12)17-8/h5,7-11H,6H2,1-4H3. The third-order valence-electron chi connectivity index (χ3n) is 2.95. The van der Waals surface area contributed by atoms with Crippen LogP contribution >= 0.6 is 0 Å². The van der Waals surface area contributed by atoms with Gasteiger partial charge in [-0.05, 0) is 0 Å². The molecule has 1 fully saturated rings. The lowest BCUT2D eigenvalue weighted by atomic mass is 9.95. The molecule has 5 atom stereocenters. The Hall–Kier alpha value is -0.530. The number of carbonyl (C=O) groups excluding carboxylic acids is 1. The summed E-state index contributed by atoms with van der Waals surface area (Å²) in [5.74, 6) is 0. The van der Waals surface area contributed by atoms with Crippen molar-refractivity contribution in [3.05, 3.63) is 0 Å². The van der Waals surface area contributed by atoms with E-state index >= 15 is 0 Å². The van der Waals surface area contributed by atoms with Gasteiger partial charge in [-0.1, -0.05) is 0 Å². The normalized spacial score (nSPS) is 38.0. The highest BCUT2D eigenvalue weighted by molar-refractivity contribution is 5.57. The van der Waals surface area contributed by atoms with Crippen LogP contribution < -0.4 is 0 Å². The fourth-order valence-corrected chi connectivity index (χ4v) is 2.17. The van der Waals surface area contributed by atoms with Crippen LogP contribution in [0.3, 0.4) is 0 Å². The lowest BCUT2D eigenvalue weighted by molar-refractivity contribution is -0.241. The fraction of sp³-hybridized carbons (Fsp3) is 0.909. The summed E-state index contributed by atoms with van der Waals surface area (Å²) in [6.07, 6.45) is -1.48. The van der Waals surface area contributed by atoms with Crippen LogP contribution in [0.1, 0.15) is 0 Å². The van der Waals surface area contributed by atoms with Gasteiger partial charge in [0.2, 0.25) is 0 Å². The van der Waals surface area contributed by atoms with Crippen molar-refractivity contribution in [2.75, 3.05) is 35.0 Å². The summed E-state index contributed by atoms with van der Waals surface area (Å²) in [6.45, 7) is 0.332. The highest BCUT2D eigenvalue weighted by Crippen LogP contribution is 2.26. The molecule has 0 spiro atoms. The van der Waals surface area contributed by atoms with Crippen molar-refractivity contribution < 1.29 is 28.5 Å². The second kappa shape index (κ2) is 7.03. The Morgan fingerprint density at radius 2 is 1.59 bits per heavy atom. The maximum Gasteiger partial charge on any atom is 0.151 e. The molecule has 0 amide bonds. The molecule has 0 aromatic carbocycles. The Morgan fingerprint density at radius 3 is 2.00 bits per heavy atom. The van der Waals surface area contributed by atoms with Crippen LogP contribution in [0.15, 0.2) is 0 Å². The first-order valence-corrected chi connectivity index (χ1v) is 5.41. The van der Waals surface area contributed by atoms with Crippen LogP contribution in [0.2, 0.25) is 0 Å². The molecule has 1 aliphatic rings. The van der Waals surface area contributed by atoms with E-state index in [9.17, 15) is 4.79 Å². The van der Waals surface area contributed by atoms with Crippen molar-refractivity contribution in [1.29, 1.82) is 0 Å². The molecule has 17 heavy (non-hydrogen) atoms. The zero-order valence-electron chi connectivity index (χ0n) is 10.6. The van der Waals surface area contributed by atoms with Crippen LogP contribution in [-0.4, -0.2) is 71.9 Å². The van der Waals surface area contributed by atoms with Crippen molar-refractivity contribution in [2.45, 2.75) is 30.5 Å². The molecule has 0 saturated carbocycles. The van der Waals surface area contributed by atoms with E-state index in [4.69, 9.17) is 23.7 Å². The molecular formula is C11H20O6. The summed E-state index contributed by atoms with van der Waals surface area (Å²) in [6, 6.07) is 0. The fourth-order valence-electron chi connectivity index (χ4n) is 2.17. The van der Waals surface area contributed by atoms with Gasteiger partial charge in [-0.2, -0.15) is 0 Å². The zero-order chi connectivity index (χ0) is 12.8. The van der Waals surface area contributed by atoms with Gasteiger partial charge in [-0.25, -0.2) is 0 Å². The summed E-state index contributed by atoms with van der Waals surface area (Å²) < 4.78 is 26.6. The van der Waals surface area contributed by atoms with Crippen LogP contribution in [-0.2, 0) is 28.5 Å². The minimum atomic E-state index is -0.670. The molecule has 100 valence electrons. The molecule has 0 aromatic rings. The van der Waals surface area contributed by atoms with Crippen molar-refractivity contribution in [2.24, 2.45) is 0 Å². The van der Waals surface area contributed by atoms with Crippen molar-refractivity contribution >= 4 is 6.29 Å². The summed E-state index contributed by atoms with van der Waals surface area (Å²) in [5, 5.41) is 0. The first-order valence-electron chi connectivity index (χ1n) is 5.41. The van der Waals surface area contributed by atoms with Gasteiger partial charge in [0.25, 0.3) is 0 Å². The number of aldehydes is 1. The van der Waals surface area contributed by atoms with Crippen molar-refractivity contribution in [1.82, 2.24) is 0 Å². The molecule has 6 heteroatoms. The second-order valence-electron chi connectivity index (χ2n) is 3.83. The third kappa shape index (κ3) is 3.02. The minimum Gasteiger partial charge on any atom is -0.382 e. The van der Waals surface area contributed by atoms with E-state index in [2.05, 4.69) is 0 Å². The van der Waals surface area contributed by atoms with E-state index in [-0.39, 0.29) is 18.3 Å². The third-order valence-corrected chi connectivity index (χ3v) is 2.95. The molecule has 0 N–H and O–H groups in total. The highest BCUT2D eigenvalue weighted by Gasteiger charge is 2.46. The molecule has 1 aliphatic heterocycles. The SMILES string of the molecule is COCC1OC(C=O)C(OC)C(OC)C1OC. The van der Waals surface area contributed by atoms with Gasteiger partial charge in [0.15, 0.2) is 6.29 Å². The molecule has 0 aromatic heterocycles. The Labute approximate surface area is 101 Å². The first-order chi connectivity index (χ1) is 8.23. The quantitative estimate of drug-likeness (QED) is 0.598. The van der Waals surface area contributed by atoms with E-state index in [1.54, 1.807) is 21.3 Å². The molecule has 1 heterocycles. The molecule has 1 saturated heterocycles. The van der Waals surface area contributed by atoms with Gasteiger partial charge in [0, 0.05) is 28.4 Å². The Bertz CT molecular complexity index is 234. The Morgan fingerprint density at radius 1 is 1.00 bits per heavy atom. The minimum absolute atomic E-state index is 0.332. The topological polar surface area (TPSA) is 63.2 Å². The number of methoxy groups -OCH3 is 4. The lowest BCUT2D eigenvalue weighted by Gasteiger charge is -2.43. The monoisotopic (exact) mass is 248 g/mol. The molecular weight excluding hydrogens is 228 g/mol. The zero-order valence-corrected chi connectivity index (χ0v) is 10.6. The van der Waals surface area contributed by atoms with Gasteiger partial charge in [0.1, 0.15) is 30.5 Å². The van der Waals surface area contributed by atoms with Gasteiger partial charge >= 0.3 is 0 Å². The molecule has 0 aliphatic carbocycles. The largest absolute Gasteiger partial charge is 0.382 e. The van der Waals surface area contributed by atoms with Crippen LogP contribution in [0, 0.1) is 0 Å². The number of carbonyl (C=O) groups is 1. The second-order valence-corrected chi connectivity index (χ2v) is 3.83. The van der Waals surface area contributed by atoms with E-state index < -0.39 is 12.2 Å². The number of rotatable bonds is 6. The molecule has 0 radical (unpaired) electrons. The Balaban J connectivity index is 2.88. The molecule has 0 bridgehead atoms. The van der Waals surface area contributed by atoms with Crippen LogP contribution in [0.4, 0.5) is 0 Å². The van der Waals surface area contributed by atoms with E-state index in [1.807, 2.05) is 0 Å². The summed E-state index contributed by atoms with van der Waals surface area (Å²) >= 11 is 0. The Kier molecular flexibility index (Phi) is 6.01. The van der Waals surface area contributed by atoms with E-state index in [1.165, 1.54) is 7.11 Å². The van der Waals surface area contributed by atoms with Crippen molar-refractivity contribution in [3.8, 4) is 0 Å². The maximum atomic E-state index is 11.0. The predicted octanol–water partition coefficient (Wildman–Crippen LogP) is -0.356.